The fraction of sp³-hybridized carbons (Fsp3) is 0.182. The number of rotatable bonds is 1. The van der Waals surface area contributed by atoms with Gasteiger partial charge in [0.15, 0.2) is 4.96 Å². The monoisotopic (exact) mass is 234 g/mol. The molecule has 0 aliphatic heterocycles. The first kappa shape index (κ1) is 9.12. The van der Waals surface area contributed by atoms with Crippen LogP contribution < -0.4 is 0 Å². The smallest absolute Gasteiger partial charge is 0.194 e. The maximum Gasteiger partial charge on any atom is 0.194 e. The second-order valence-electron chi connectivity index (χ2n) is 3.59. The molecule has 0 aromatic carbocycles. The highest BCUT2D eigenvalue weighted by atomic mass is 32.1. The van der Waals surface area contributed by atoms with E-state index < -0.39 is 0 Å². The minimum absolute atomic E-state index is 1.08. The number of hydrogen-bond acceptors (Lipinski definition) is 3. The zero-order valence-corrected chi connectivity index (χ0v) is 10.2. The Labute approximate surface area is 95.8 Å². The molecule has 0 saturated carbocycles. The maximum absolute atomic E-state index is 4.63. The molecule has 0 amide bonds. The molecule has 3 rings (SSSR count). The summed E-state index contributed by atoms with van der Waals surface area (Å²) in [5.74, 6) is 0. The summed E-state index contributed by atoms with van der Waals surface area (Å²) in [7, 11) is 0. The van der Waals surface area contributed by atoms with Gasteiger partial charge < -0.3 is 0 Å². The largest absolute Gasteiger partial charge is 0.294 e. The average Bonchev–Trinajstić information content (AvgIpc) is 2.84. The van der Waals surface area contributed by atoms with Gasteiger partial charge in [0.1, 0.15) is 5.69 Å². The van der Waals surface area contributed by atoms with E-state index in [9.17, 15) is 0 Å². The Morgan fingerprint density at radius 1 is 1.27 bits per heavy atom. The fourth-order valence-electron chi connectivity index (χ4n) is 1.64. The molecule has 15 heavy (non-hydrogen) atoms. The van der Waals surface area contributed by atoms with E-state index >= 15 is 0 Å². The summed E-state index contributed by atoms with van der Waals surface area (Å²) in [5, 5.41) is 4.25. The Balaban J connectivity index is 2.24. The second-order valence-corrected chi connectivity index (χ2v) is 5.34. The molecule has 4 heteroatoms. The molecule has 0 atom stereocenters. The molecule has 0 spiro atoms. The van der Waals surface area contributed by atoms with Gasteiger partial charge in [-0.2, -0.15) is 0 Å². The highest BCUT2D eigenvalue weighted by Crippen LogP contribution is 2.29. The summed E-state index contributed by atoms with van der Waals surface area (Å²) in [6, 6.07) is 2.14. The van der Waals surface area contributed by atoms with Crippen LogP contribution in [0.5, 0.6) is 0 Å². The molecule has 76 valence electrons. The highest BCUT2D eigenvalue weighted by molar-refractivity contribution is 7.15. The first-order chi connectivity index (χ1) is 7.25. The van der Waals surface area contributed by atoms with Crippen LogP contribution in [0.3, 0.4) is 0 Å². The molecule has 3 aromatic heterocycles. The van der Waals surface area contributed by atoms with Crippen LogP contribution in [-0.4, -0.2) is 9.38 Å². The summed E-state index contributed by atoms with van der Waals surface area (Å²) in [6.45, 7) is 4.24. The van der Waals surface area contributed by atoms with Crippen LogP contribution in [0.1, 0.15) is 11.3 Å². The molecule has 0 unspecified atom stereocenters. The Morgan fingerprint density at radius 2 is 2.13 bits per heavy atom. The molecule has 2 nitrogen and oxygen atoms in total. The fourth-order valence-corrected chi connectivity index (χ4v) is 3.37. The minimum atomic E-state index is 1.08. The number of thiophene rings is 1. The van der Waals surface area contributed by atoms with Crippen molar-refractivity contribution in [1.29, 1.82) is 0 Å². The lowest BCUT2D eigenvalue weighted by atomic mass is 10.2. The molecular weight excluding hydrogens is 224 g/mol. The molecule has 3 aromatic rings. The number of hydrogen-bond donors (Lipinski definition) is 0. The van der Waals surface area contributed by atoms with E-state index in [1.54, 1.807) is 22.7 Å². The van der Waals surface area contributed by atoms with E-state index in [1.165, 1.54) is 16.1 Å². The highest BCUT2D eigenvalue weighted by Gasteiger charge is 2.09. The zero-order valence-electron chi connectivity index (χ0n) is 8.52. The Bertz CT molecular complexity index is 615. The van der Waals surface area contributed by atoms with Gasteiger partial charge >= 0.3 is 0 Å². The Hall–Kier alpha value is -1.13. The van der Waals surface area contributed by atoms with Gasteiger partial charge in [0.25, 0.3) is 0 Å². The third-order valence-electron chi connectivity index (χ3n) is 2.48. The van der Waals surface area contributed by atoms with Crippen LogP contribution in [0.15, 0.2) is 23.0 Å². The van der Waals surface area contributed by atoms with Gasteiger partial charge in [-0.05, 0) is 30.9 Å². The van der Waals surface area contributed by atoms with Gasteiger partial charge in [0.05, 0.1) is 4.88 Å². The van der Waals surface area contributed by atoms with Gasteiger partial charge in [-0.1, -0.05) is 0 Å². The topological polar surface area (TPSA) is 17.3 Å². The van der Waals surface area contributed by atoms with Gasteiger partial charge in [-0.3, -0.25) is 4.40 Å². The third-order valence-corrected chi connectivity index (χ3v) is 4.48. The first-order valence-electron chi connectivity index (χ1n) is 4.73. The van der Waals surface area contributed by atoms with Crippen molar-refractivity contribution in [3.8, 4) is 10.6 Å². The molecule has 0 aliphatic rings. The molecule has 0 bridgehead atoms. The van der Waals surface area contributed by atoms with Crippen molar-refractivity contribution in [3.05, 3.63) is 34.3 Å². The van der Waals surface area contributed by atoms with Crippen molar-refractivity contribution in [2.24, 2.45) is 0 Å². The summed E-state index contributed by atoms with van der Waals surface area (Å²) in [5.41, 5.74) is 3.66. The number of aromatic nitrogens is 2. The summed E-state index contributed by atoms with van der Waals surface area (Å²) in [6.07, 6.45) is 2.12. The summed E-state index contributed by atoms with van der Waals surface area (Å²) >= 11 is 3.45. The lowest BCUT2D eigenvalue weighted by Gasteiger charge is -1.91. The molecule has 0 saturated heterocycles. The molecule has 3 heterocycles. The first-order valence-corrected chi connectivity index (χ1v) is 6.49. The lowest BCUT2D eigenvalue weighted by molar-refractivity contribution is 1.13. The van der Waals surface area contributed by atoms with Gasteiger partial charge in [-0.25, -0.2) is 4.98 Å². The van der Waals surface area contributed by atoms with E-state index in [-0.39, 0.29) is 0 Å². The van der Waals surface area contributed by atoms with Gasteiger partial charge in [0.2, 0.25) is 0 Å². The predicted molar refractivity (Wildman–Crippen MR) is 65.9 cm³/mol. The van der Waals surface area contributed by atoms with Crippen LogP contribution in [0.25, 0.3) is 15.5 Å². The maximum atomic E-state index is 4.63. The lowest BCUT2D eigenvalue weighted by Crippen LogP contribution is -1.78. The predicted octanol–water partition coefficient (Wildman–Crippen LogP) is 3.74. The molecule has 0 N–H and O–H groups in total. The van der Waals surface area contributed by atoms with Gasteiger partial charge in [0, 0.05) is 17.3 Å². The number of nitrogens with zero attached hydrogens (tertiary/aromatic N) is 2. The normalized spacial score (nSPS) is 11.3. The average molecular weight is 234 g/mol. The molecule has 0 radical (unpaired) electrons. The Morgan fingerprint density at radius 3 is 2.80 bits per heavy atom. The van der Waals surface area contributed by atoms with Crippen LogP contribution in [0.2, 0.25) is 0 Å². The minimum Gasteiger partial charge on any atom is -0.294 e. The van der Waals surface area contributed by atoms with Crippen LogP contribution >= 0.6 is 22.7 Å². The number of imidazole rings is 1. The van der Waals surface area contributed by atoms with Crippen molar-refractivity contribution in [2.45, 2.75) is 13.8 Å². The second kappa shape index (κ2) is 3.18. The number of fused-ring (bicyclic) bond motifs is 1. The van der Waals surface area contributed by atoms with E-state index in [4.69, 9.17) is 0 Å². The molecular formula is C11H10N2S2. The van der Waals surface area contributed by atoms with Crippen LogP contribution in [0, 0.1) is 13.8 Å². The van der Waals surface area contributed by atoms with Crippen molar-refractivity contribution in [2.75, 3.05) is 0 Å². The van der Waals surface area contributed by atoms with Crippen molar-refractivity contribution in [1.82, 2.24) is 9.38 Å². The summed E-state index contributed by atoms with van der Waals surface area (Å²) in [4.78, 5) is 6.99. The standard InChI is InChI=1S/C11H10N2S2/c1-7-3-4-14-10(7)9-5-13-8(2)6-15-11(13)12-9/h3-6H,1-2H3. The Kier molecular flexibility index (Phi) is 1.94. The number of thiazole rings is 1. The quantitative estimate of drug-likeness (QED) is 0.627. The van der Waals surface area contributed by atoms with E-state index in [1.807, 2.05) is 0 Å². The zero-order chi connectivity index (χ0) is 10.4. The number of aryl methyl sites for hydroxylation is 2. The van der Waals surface area contributed by atoms with E-state index in [0.29, 0.717) is 0 Å². The van der Waals surface area contributed by atoms with Crippen molar-refractivity contribution < 1.29 is 0 Å². The SMILES string of the molecule is Cc1ccsc1-c1cn2c(C)csc2n1. The van der Waals surface area contributed by atoms with Crippen molar-refractivity contribution in [3.63, 3.8) is 0 Å². The molecule has 0 aliphatic carbocycles. The molecule has 0 fully saturated rings. The van der Waals surface area contributed by atoms with Crippen LogP contribution in [0.4, 0.5) is 0 Å². The van der Waals surface area contributed by atoms with Crippen molar-refractivity contribution >= 4 is 27.6 Å². The third kappa shape index (κ3) is 1.33. The summed E-state index contributed by atoms with van der Waals surface area (Å²) < 4.78 is 2.15. The van der Waals surface area contributed by atoms with Crippen LogP contribution in [-0.2, 0) is 0 Å². The van der Waals surface area contributed by atoms with E-state index in [2.05, 4.69) is 46.3 Å². The van der Waals surface area contributed by atoms with E-state index in [0.717, 1.165) is 10.7 Å². The van der Waals surface area contributed by atoms with Gasteiger partial charge in [-0.15, -0.1) is 22.7 Å².